The Morgan fingerprint density at radius 1 is 1.09 bits per heavy atom. The van der Waals surface area contributed by atoms with Gasteiger partial charge in [0.2, 0.25) is 0 Å². The second-order valence-electron chi connectivity index (χ2n) is 7.91. The van der Waals surface area contributed by atoms with Crippen molar-refractivity contribution in [3.8, 4) is 33.6 Å². The quantitative estimate of drug-likeness (QED) is 0.297. The van der Waals surface area contributed by atoms with E-state index in [1.807, 2.05) is 18.2 Å². The summed E-state index contributed by atoms with van der Waals surface area (Å²) >= 11 is 1.17. The van der Waals surface area contributed by atoms with Crippen molar-refractivity contribution in [2.45, 2.75) is 12.8 Å². The van der Waals surface area contributed by atoms with E-state index in [4.69, 9.17) is 4.74 Å². The first-order valence-corrected chi connectivity index (χ1v) is 11.5. The Morgan fingerprint density at radius 3 is 2.61 bits per heavy atom. The van der Waals surface area contributed by atoms with Gasteiger partial charge in [-0.1, -0.05) is 0 Å². The molecule has 0 bridgehead atoms. The van der Waals surface area contributed by atoms with Gasteiger partial charge in [-0.25, -0.2) is 9.37 Å². The average molecular weight is 462 g/mol. The molecule has 1 aliphatic heterocycles. The first-order chi connectivity index (χ1) is 16.1. The summed E-state index contributed by atoms with van der Waals surface area (Å²) in [7, 11) is 1.78. The third-order valence-electron chi connectivity index (χ3n) is 5.68. The summed E-state index contributed by atoms with van der Waals surface area (Å²) in [5.74, 6) is 0.249. The predicted octanol–water partition coefficient (Wildman–Crippen LogP) is 5.04. The fourth-order valence-electron chi connectivity index (χ4n) is 3.91. The molecule has 33 heavy (non-hydrogen) atoms. The van der Waals surface area contributed by atoms with E-state index < -0.39 is 5.82 Å². The minimum absolute atomic E-state index is 0.112. The highest BCUT2D eigenvalue weighted by Crippen LogP contribution is 2.33. The Labute approximate surface area is 195 Å². The molecule has 1 saturated heterocycles. The molecule has 8 heteroatoms. The van der Waals surface area contributed by atoms with Crippen molar-refractivity contribution in [3.05, 3.63) is 72.2 Å². The number of carbonyl (C=O) groups excluding carboxylic acids is 1. The first-order valence-electron chi connectivity index (χ1n) is 10.7. The van der Waals surface area contributed by atoms with Gasteiger partial charge in [0.15, 0.2) is 29.9 Å². The third kappa shape index (κ3) is 4.34. The van der Waals surface area contributed by atoms with Gasteiger partial charge in [0.25, 0.3) is 0 Å². The lowest BCUT2D eigenvalue weighted by molar-refractivity contribution is -0.675. The molecule has 4 aromatic rings. The van der Waals surface area contributed by atoms with Gasteiger partial charge in [0.05, 0.1) is 11.6 Å². The fourth-order valence-corrected chi connectivity index (χ4v) is 4.58. The molecular weight excluding hydrogens is 439 g/mol. The van der Waals surface area contributed by atoms with E-state index in [2.05, 4.69) is 26.4 Å². The standard InChI is InChI=1S/C25H22FN4O2S/c1-29-11-3-2-6-22(29)32-23-19(16-31)14-18(15-21(23)26)25-27-24(28-33-25)17-7-9-20(10-8-17)30-12-4-5-13-30/h2-3,6-11,14-16H,4-5,12-13H2,1H3/q+1. The number of hydrogen-bond acceptors (Lipinski definition) is 6. The molecule has 3 heterocycles. The maximum atomic E-state index is 15.0. The van der Waals surface area contributed by atoms with Crippen molar-refractivity contribution in [2.75, 3.05) is 18.0 Å². The number of aldehydes is 1. The van der Waals surface area contributed by atoms with Crippen LogP contribution in [0.1, 0.15) is 23.2 Å². The van der Waals surface area contributed by atoms with Crippen LogP contribution >= 0.6 is 11.5 Å². The highest BCUT2D eigenvalue weighted by Gasteiger charge is 2.20. The highest BCUT2D eigenvalue weighted by atomic mass is 32.1. The second kappa shape index (κ2) is 9.07. The largest absolute Gasteiger partial charge is 0.401 e. The number of benzene rings is 2. The number of carbonyl (C=O) groups is 1. The normalized spacial score (nSPS) is 13.3. The molecule has 0 amide bonds. The monoisotopic (exact) mass is 461 g/mol. The molecule has 2 aromatic heterocycles. The SMILES string of the molecule is C[n+]1ccccc1Oc1c(F)cc(-c2nc(-c3ccc(N4CCCC4)cc3)ns2)cc1C=O. The van der Waals surface area contributed by atoms with Crippen molar-refractivity contribution >= 4 is 23.5 Å². The van der Waals surface area contributed by atoms with Gasteiger partial charge in [-0.15, -0.1) is 0 Å². The van der Waals surface area contributed by atoms with Gasteiger partial charge < -0.3 is 9.64 Å². The van der Waals surface area contributed by atoms with Crippen LogP contribution in [0.5, 0.6) is 11.6 Å². The Balaban J connectivity index is 1.41. The van der Waals surface area contributed by atoms with E-state index in [0.29, 0.717) is 28.6 Å². The van der Waals surface area contributed by atoms with Gasteiger partial charge in [-0.2, -0.15) is 8.94 Å². The Morgan fingerprint density at radius 2 is 1.88 bits per heavy atom. The van der Waals surface area contributed by atoms with Gasteiger partial charge in [-0.05, 0) is 66.8 Å². The van der Waals surface area contributed by atoms with Crippen molar-refractivity contribution in [1.29, 1.82) is 0 Å². The number of pyridine rings is 1. The maximum Gasteiger partial charge on any atom is 0.373 e. The van der Waals surface area contributed by atoms with Gasteiger partial charge >= 0.3 is 5.88 Å². The molecule has 0 saturated carbocycles. The maximum absolute atomic E-state index is 15.0. The molecule has 0 atom stereocenters. The van der Waals surface area contributed by atoms with Crippen LogP contribution in [0.2, 0.25) is 0 Å². The Hall–Kier alpha value is -3.65. The van der Waals surface area contributed by atoms with E-state index in [-0.39, 0.29) is 11.3 Å². The minimum atomic E-state index is -0.634. The zero-order chi connectivity index (χ0) is 22.8. The van der Waals surface area contributed by atoms with Gasteiger partial charge in [0, 0.05) is 36.0 Å². The first kappa shape index (κ1) is 21.2. The van der Waals surface area contributed by atoms with Gasteiger partial charge in [0.1, 0.15) is 12.1 Å². The van der Waals surface area contributed by atoms with E-state index in [9.17, 15) is 9.18 Å². The second-order valence-corrected chi connectivity index (χ2v) is 8.66. The van der Waals surface area contributed by atoms with Crippen LogP contribution in [-0.2, 0) is 7.05 Å². The van der Waals surface area contributed by atoms with Crippen LogP contribution in [0.3, 0.4) is 0 Å². The number of nitrogens with zero attached hydrogens (tertiary/aromatic N) is 4. The summed E-state index contributed by atoms with van der Waals surface area (Å²) in [5.41, 5.74) is 2.69. The number of halogens is 1. The third-order valence-corrected chi connectivity index (χ3v) is 6.45. The molecule has 6 nitrogen and oxygen atoms in total. The van der Waals surface area contributed by atoms with Crippen LogP contribution in [0.25, 0.3) is 22.0 Å². The van der Waals surface area contributed by atoms with Crippen LogP contribution in [0.4, 0.5) is 10.1 Å². The Bertz CT molecular complexity index is 1300. The number of hydrogen-bond donors (Lipinski definition) is 0. The average Bonchev–Trinajstić information content (AvgIpc) is 3.54. The fraction of sp³-hybridized carbons (Fsp3) is 0.200. The molecule has 0 aliphatic carbocycles. The van der Waals surface area contributed by atoms with Crippen molar-refractivity contribution in [3.63, 3.8) is 0 Å². The Kier molecular flexibility index (Phi) is 5.83. The van der Waals surface area contributed by atoms with E-state index in [1.54, 1.807) is 36.0 Å². The molecule has 0 N–H and O–H groups in total. The molecule has 0 unspecified atom stereocenters. The number of rotatable bonds is 6. The van der Waals surface area contributed by atoms with Crippen LogP contribution in [0.15, 0.2) is 60.8 Å². The van der Waals surface area contributed by atoms with E-state index in [0.717, 1.165) is 18.7 Å². The molecule has 0 spiro atoms. The number of ether oxygens (including phenoxy) is 1. The summed E-state index contributed by atoms with van der Waals surface area (Å²) in [4.78, 5) is 18.7. The molecule has 1 fully saturated rings. The molecule has 5 rings (SSSR count). The smallest absolute Gasteiger partial charge is 0.373 e. The lowest BCUT2D eigenvalue weighted by Gasteiger charge is -2.17. The zero-order valence-corrected chi connectivity index (χ0v) is 18.9. The number of aryl methyl sites for hydroxylation is 1. The number of aromatic nitrogens is 3. The molecule has 166 valence electrons. The molecule has 0 radical (unpaired) electrons. The summed E-state index contributed by atoms with van der Waals surface area (Å²) < 4.78 is 26.8. The van der Waals surface area contributed by atoms with Crippen molar-refractivity contribution in [1.82, 2.24) is 9.36 Å². The van der Waals surface area contributed by atoms with Crippen LogP contribution in [-0.4, -0.2) is 28.7 Å². The lowest BCUT2D eigenvalue weighted by atomic mass is 10.1. The van der Waals surface area contributed by atoms with Crippen LogP contribution < -0.4 is 14.2 Å². The topological polar surface area (TPSA) is 59.2 Å². The summed E-state index contributed by atoms with van der Waals surface area (Å²) in [6, 6.07) is 16.4. The van der Waals surface area contributed by atoms with E-state index in [1.165, 1.54) is 36.1 Å². The van der Waals surface area contributed by atoms with Gasteiger partial charge in [-0.3, -0.25) is 4.79 Å². The molecule has 2 aromatic carbocycles. The lowest BCUT2D eigenvalue weighted by Crippen LogP contribution is -2.29. The summed E-state index contributed by atoms with van der Waals surface area (Å²) in [6.45, 7) is 2.18. The minimum Gasteiger partial charge on any atom is -0.401 e. The molecule has 1 aliphatic rings. The summed E-state index contributed by atoms with van der Waals surface area (Å²) in [5, 5.41) is 0.535. The zero-order valence-electron chi connectivity index (χ0n) is 18.1. The van der Waals surface area contributed by atoms with Crippen molar-refractivity contribution in [2.24, 2.45) is 7.05 Å². The number of anilines is 1. The summed E-state index contributed by atoms with van der Waals surface area (Å²) in [6.07, 6.45) is 4.82. The predicted molar refractivity (Wildman–Crippen MR) is 125 cm³/mol. The van der Waals surface area contributed by atoms with Crippen molar-refractivity contribution < 1.29 is 18.5 Å². The highest BCUT2D eigenvalue weighted by molar-refractivity contribution is 7.09. The molecular formula is C25H22FN4O2S+. The van der Waals surface area contributed by atoms with Crippen LogP contribution in [0, 0.1) is 5.82 Å². The van der Waals surface area contributed by atoms with E-state index >= 15 is 0 Å².